The summed E-state index contributed by atoms with van der Waals surface area (Å²) in [6.45, 7) is 0. The van der Waals surface area contributed by atoms with Crippen molar-refractivity contribution in [3.05, 3.63) is 113 Å². The Labute approximate surface area is 227 Å². The first-order chi connectivity index (χ1) is 18.9. The van der Waals surface area contributed by atoms with Crippen LogP contribution in [0.25, 0.3) is 5.57 Å². The summed E-state index contributed by atoms with van der Waals surface area (Å²) in [6, 6.07) is 26.2. The van der Waals surface area contributed by atoms with Gasteiger partial charge in [-0.05, 0) is 24.1 Å². The van der Waals surface area contributed by atoms with Crippen molar-refractivity contribution in [2.45, 2.75) is 0 Å². The minimum absolute atomic E-state index is 0.158. The summed E-state index contributed by atoms with van der Waals surface area (Å²) < 4.78 is 20.3. The SMILES string of the molecule is COC(=O)C(=C(C(=O)OC)P(c1ccccc1)c1ccccc1)/C(C(=O)OC)=C(\C(=O)OC)c1ccccc1. The number of ether oxygens (including phenoxy) is 4. The average molecular weight is 547 g/mol. The van der Waals surface area contributed by atoms with Crippen LogP contribution in [0.4, 0.5) is 0 Å². The van der Waals surface area contributed by atoms with Crippen LogP contribution in [-0.4, -0.2) is 52.3 Å². The van der Waals surface area contributed by atoms with Crippen molar-refractivity contribution < 1.29 is 38.1 Å². The minimum atomic E-state index is -1.81. The van der Waals surface area contributed by atoms with Crippen LogP contribution >= 0.6 is 7.92 Å². The van der Waals surface area contributed by atoms with E-state index < -0.39 is 42.9 Å². The lowest BCUT2D eigenvalue weighted by atomic mass is 9.93. The van der Waals surface area contributed by atoms with Crippen LogP contribution in [0.3, 0.4) is 0 Å². The van der Waals surface area contributed by atoms with E-state index in [-0.39, 0.29) is 16.5 Å². The second-order valence-corrected chi connectivity index (χ2v) is 9.96. The molecule has 8 nitrogen and oxygen atoms in total. The van der Waals surface area contributed by atoms with E-state index in [9.17, 15) is 19.2 Å². The van der Waals surface area contributed by atoms with Crippen LogP contribution in [0.15, 0.2) is 107 Å². The second-order valence-electron chi connectivity index (χ2n) is 7.81. The molecule has 0 unspecified atom stereocenters. The molecule has 0 aliphatic rings. The van der Waals surface area contributed by atoms with Gasteiger partial charge in [0.05, 0.1) is 50.5 Å². The van der Waals surface area contributed by atoms with Gasteiger partial charge in [0.15, 0.2) is 0 Å². The topological polar surface area (TPSA) is 105 Å². The van der Waals surface area contributed by atoms with E-state index in [0.717, 1.165) is 21.3 Å². The fourth-order valence-corrected chi connectivity index (χ4v) is 6.34. The van der Waals surface area contributed by atoms with Gasteiger partial charge in [0, 0.05) is 0 Å². The highest BCUT2D eigenvalue weighted by Crippen LogP contribution is 2.47. The number of esters is 4. The van der Waals surface area contributed by atoms with Crippen LogP contribution < -0.4 is 10.6 Å². The van der Waals surface area contributed by atoms with Gasteiger partial charge in [0.1, 0.15) is 0 Å². The summed E-state index contributed by atoms with van der Waals surface area (Å²) in [5, 5.41) is 1.21. The molecule has 0 saturated carbocycles. The molecule has 3 aromatic carbocycles. The Morgan fingerprint density at radius 2 is 0.872 bits per heavy atom. The average Bonchev–Trinajstić information content (AvgIpc) is 3.00. The van der Waals surface area contributed by atoms with E-state index in [1.54, 1.807) is 78.9 Å². The molecule has 0 saturated heterocycles. The van der Waals surface area contributed by atoms with Crippen LogP contribution in [0, 0.1) is 0 Å². The normalized spacial score (nSPS) is 12.0. The lowest BCUT2D eigenvalue weighted by Crippen LogP contribution is -2.26. The van der Waals surface area contributed by atoms with Crippen molar-refractivity contribution in [3.8, 4) is 0 Å². The van der Waals surface area contributed by atoms with Gasteiger partial charge in [-0.15, -0.1) is 0 Å². The van der Waals surface area contributed by atoms with Crippen LogP contribution in [0.1, 0.15) is 5.56 Å². The molecule has 0 atom stereocenters. The lowest BCUT2D eigenvalue weighted by Gasteiger charge is -2.24. The van der Waals surface area contributed by atoms with Crippen LogP contribution in [0.5, 0.6) is 0 Å². The van der Waals surface area contributed by atoms with E-state index in [0.29, 0.717) is 10.6 Å². The highest BCUT2D eigenvalue weighted by atomic mass is 31.1. The van der Waals surface area contributed by atoms with E-state index >= 15 is 0 Å². The maximum Gasteiger partial charge on any atom is 0.339 e. The highest BCUT2D eigenvalue weighted by molar-refractivity contribution is 7.78. The van der Waals surface area contributed by atoms with Gasteiger partial charge in [-0.2, -0.15) is 0 Å². The maximum absolute atomic E-state index is 13.6. The van der Waals surface area contributed by atoms with Crippen LogP contribution in [-0.2, 0) is 38.1 Å². The van der Waals surface area contributed by atoms with E-state index in [1.807, 2.05) is 12.1 Å². The number of carbonyl (C=O) groups excluding carboxylic acids is 4. The van der Waals surface area contributed by atoms with E-state index in [2.05, 4.69) is 0 Å². The molecule has 0 aliphatic heterocycles. The Morgan fingerprint density at radius 3 is 1.28 bits per heavy atom. The number of hydrogen-bond acceptors (Lipinski definition) is 8. The zero-order valence-corrected chi connectivity index (χ0v) is 22.8. The molecule has 0 amide bonds. The predicted octanol–water partition coefficient (Wildman–Crippen LogP) is 3.52. The molecule has 0 fully saturated rings. The Kier molecular flexibility index (Phi) is 10.3. The van der Waals surface area contributed by atoms with E-state index in [1.165, 1.54) is 7.11 Å². The molecule has 0 aliphatic carbocycles. The maximum atomic E-state index is 13.6. The predicted molar refractivity (Wildman–Crippen MR) is 148 cm³/mol. The Morgan fingerprint density at radius 1 is 0.487 bits per heavy atom. The van der Waals surface area contributed by atoms with Crippen molar-refractivity contribution in [2.75, 3.05) is 28.4 Å². The van der Waals surface area contributed by atoms with Crippen molar-refractivity contribution in [3.63, 3.8) is 0 Å². The third-order valence-electron chi connectivity index (χ3n) is 5.60. The Hall–Kier alpha value is -4.55. The number of methoxy groups -OCH3 is 4. The molecule has 39 heavy (non-hydrogen) atoms. The van der Waals surface area contributed by atoms with Gasteiger partial charge < -0.3 is 18.9 Å². The van der Waals surface area contributed by atoms with Crippen molar-refractivity contribution >= 4 is 48.0 Å². The molecular formula is C30H27O8P. The molecule has 3 rings (SSSR count). The first kappa shape index (κ1) is 29.0. The molecule has 0 aromatic heterocycles. The van der Waals surface area contributed by atoms with Crippen molar-refractivity contribution in [1.29, 1.82) is 0 Å². The zero-order chi connectivity index (χ0) is 28.4. The molecule has 3 aromatic rings. The van der Waals surface area contributed by atoms with E-state index in [4.69, 9.17) is 18.9 Å². The van der Waals surface area contributed by atoms with Crippen molar-refractivity contribution in [2.24, 2.45) is 0 Å². The molecule has 0 N–H and O–H groups in total. The fraction of sp³-hybridized carbons (Fsp3) is 0.133. The lowest BCUT2D eigenvalue weighted by molar-refractivity contribution is -0.140. The number of hydrogen-bond donors (Lipinski definition) is 0. The quantitative estimate of drug-likeness (QED) is 0.132. The summed E-state index contributed by atoms with van der Waals surface area (Å²) in [5.74, 6) is -3.88. The molecule has 9 heteroatoms. The summed E-state index contributed by atoms with van der Waals surface area (Å²) in [6.07, 6.45) is 0. The molecule has 0 spiro atoms. The highest BCUT2D eigenvalue weighted by Gasteiger charge is 2.39. The van der Waals surface area contributed by atoms with Gasteiger partial charge >= 0.3 is 23.9 Å². The zero-order valence-electron chi connectivity index (χ0n) is 21.9. The molecule has 0 heterocycles. The monoisotopic (exact) mass is 546 g/mol. The summed E-state index contributed by atoms with van der Waals surface area (Å²) in [7, 11) is 2.72. The third-order valence-corrected chi connectivity index (χ3v) is 8.08. The second kappa shape index (κ2) is 13.8. The number of rotatable bonds is 9. The minimum Gasteiger partial charge on any atom is -0.465 e. The number of benzene rings is 3. The van der Waals surface area contributed by atoms with Crippen molar-refractivity contribution in [1.82, 2.24) is 0 Å². The summed E-state index contributed by atoms with van der Waals surface area (Å²) in [5.41, 5.74) is -0.955. The number of carbonyl (C=O) groups is 4. The molecule has 200 valence electrons. The largest absolute Gasteiger partial charge is 0.465 e. The first-order valence-corrected chi connectivity index (χ1v) is 13.0. The molecule has 0 bridgehead atoms. The first-order valence-electron chi connectivity index (χ1n) is 11.7. The summed E-state index contributed by atoms with van der Waals surface area (Å²) >= 11 is 0. The molecule has 0 radical (unpaired) electrons. The van der Waals surface area contributed by atoms with Gasteiger partial charge in [0.25, 0.3) is 0 Å². The van der Waals surface area contributed by atoms with Gasteiger partial charge in [-0.3, -0.25) is 0 Å². The van der Waals surface area contributed by atoms with Gasteiger partial charge in [0.2, 0.25) is 0 Å². The Bertz CT molecular complexity index is 1360. The Balaban J connectivity index is 2.63. The smallest absolute Gasteiger partial charge is 0.339 e. The van der Waals surface area contributed by atoms with Gasteiger partial charge in [-0.25, -0.2) is 19.2 Å². The summed E-state index contributed by atoms with van der Waals surface area (Å²) in [4.78, 5) is 53.8. The van der Waals surface area contributed by atoms with Gasteiger partial charge in [-0.1, -0.05) is 91.0 Å². The fourth-order valence-electron chi connectivity index (χ4n) is 3.88. The molecular weight excluding hydrogens is 519 g/mol. The van der Waals surface area contributed by atoms with Crippen LogP contribution in [0.2, 0.25) is 0 Å². The standard InChI is InChI=1S/C30H27O8P/c1-35-27(31)23(20-14-8-5-9-15-20)24(28(32)36-2)25(29(33)37-3)26(30(34)38-4)39(21-16-10-6-11-17-21)22-18-12-7-13-19-22/h5-19H,1-4H3/b24-23+,26-25?. The third kappa shape index (κ3) is 6.48.